The molecule has 0 atom stereocenters. The molecule has 8 heteroatoms. The van der Waals surface area contributed by atoms with Crippen LogP contribution in [0.2, 0.25) is 30.7 Å². The van der Waals surface area contributed by atoms with Crippen molar-refractivity contribution >= 4 is 42.3 Å². The van der Waals surface area contributed by atoms with E-state index < -0.39 is 8.07 Å². The highest BCUT2D eigenvalue weighted by atomic mass is 35.5. The van der Waals surface area contributed by atoms with Gasteiger partial charge in [0.15, 0.2) is 5.82 Å². The number of ether oxygens (including phenoxy) is 1. The molecule has 0 aliphatic heterocycles. The molecule has 2 aromatic heterocycles. The first-order valence-electron chi connectivity index (χ1n) is 10.3. The van der Waals surface area contributed by atoms with Gasteiger partial charge in [-0.3, -0.25) is 9.78 Å². The van der Waals surface area contributed by atoms with E-state index in [0.717, 1.165) is 34.5 Å². The number of carbonyl (C=O) groups excluding carboxylic acids is 1. The summed E-state index contributed by atoms with van der Waals surface area (Å²) >= 11 is 6.61. The molecule has 1 aromatic carbocycles. The van der Waals surface area contributed by atoms with Crippen molar-refractivity contribution in [2.45, 2.75) is 52.2 Å². The first kappa shape index (κ1) is 22.5. The molecule has 1 N–H and O–H groups in total. The van der Waals surface area contributed by atoms with Gasteiger partial charge in [0.25, 0.3) is 0 Å². The van der Waals surface area contributed by atoms with Crippen molar-refractivity contribution in [2.24, 2.45) is 0 Å². The van der Waals surface area contributed by atoms with Gasteiger partial charge in [-0.1, -0.05) is 38.2 Å². The van der Waals surface area contributed by atoms with Crippen molar-refractivity contribution in [3.8, 4) is 11.1 Å². The van der Waals surface area contributed by atoms with Crippen molar-refractivity contribution in [1.29, 1.82) is 0 Å². The molecular formula is C22H29ClN4O2Si. The molecule has 0 aliphatic carbocycles. The van der Waals surface area contributed by atoms with Gasteiger partial charge in [-0.2, -0.15) is 5.10 Å². The Balaban J connectivity index is 1.96. The Labute approximate surface area is 183 Å². The fourth-order valence-corrected chi connectivity index (χ4v) is 4.11. The number of amides is 1. The fraction of sp³-hybridized carbons (Fsp3) is 0.409. The van der Waals surface area contributed by atoms with Crippen LogP contribution in [0.1, 0.15) is 19.8 Å². The van der Waals surface area contributed by atoms with Gasteiger partial charge in [-0.15, -0.1) is 0 Å². The van der Waals surface area contributed by atoms with Crippen LogP contribution in [0.5, 0.6) is 0 Å². The Bertz CT molecular complexity index is 1020. The number of benzene rings is 1. The third-order valence-electron chi connectivity index (χ3n) is 4.78. The molecule has 160 valence electrons. The smallest absolute Gasteiger partial charge is 0.225 e. The summed E-state index contributed by atoms with van der Waals surface area (Å²) in [6.07, 6.45) is 4.69. The molecule has 0 bridgehead atoms. The van der Waals surface area contributed by atoms with Crippen LogP contribution in [0.25, 0.3) is 22.0 Å². The largest absolute Gasteiger partial charge is 0.360 e. The van der Waals surface area contributed by atoms with Crippen molar-refractivity contribution in [2.75, 3.05) is 11.9 Å². The van der Waals surface area contributed by atoms with Crippen molar-refractivity contribution in [1.82, 2.24) is 14.8 Å². The average molecular weight is 445 g/mol. The van der Waals surface area contributed by atoms with E-state index in [4.69, 9.17) is 16.3 Å². The highest BCUT2D eigenvalue weighted by Crippen LogP contribution is 2.35. The summed E-state index contributed by atoms with van der Waals surface area (Å²) in [6, 6.07) is 8.76. The summed E-state index contributed by atoms with van der Waals surface area (Å²) in [5.74, 6) is 0.480. The number of aromatic nitrogens is 3. The van der Waals surface area contributed by atoms with Gasteiger partial charge in [0.2, 0.25) is 5.91 Å². The van der Waals surface area contributed by atoms with Gasteiger partial charge >= 0.3 is 0 Å². The standard InChI is InChI=1S/C22H29ClN4O2Si/c1-5-6-21(28)25-22-18-13-17(16-7-9-24-10-8-16)19(23)14-20(18)27(26-22)15-29-11-12-30(2,3)4/h7-10,13-14H,5-6,11-12,15H2,1-4H3,(H,25,26,28). The van der Waals surface area contributed by atoms with E-state index in [-0.39, 0.29) is 5.91 Å². The number of hydrogen-bond donors (Lipinski definition) is 1. The number of fused-ring (bicyclic) bond motifs is 1. The molecular weight excluding hydrogens is 416 g/mol. The minimum atomic E-state index is -1.17. The molecule has 1 amide bonds. The molecule has 3 aromatic rings. The zero-order valence-corrected chi connectivity index (χ0v) is 19.8. The van der Waals surface area contributed by atoms with Crippen LogP contribution in [-0.2, 0) is 16.3 Å². The first-order chi connectivity index (χ1) is 14.3. The lowest BCUT2D eigenvalue weighted by Gasteiger charge is -2.15. The van der Waals surface area contributed by atoms with E-state index >= 15 is 0 Å². The maximum Gasteiger partial charge on any atom is 0.225 e. The Morgan fingerprint density at radius 1 is 1.23 bits per heavy atom. The predicted octanol–water partition coefficient (Wildman–Crippen LogP) is 5.80. The van der Waals surface area contributed by atoms with Gasteiger partial charge in [-0.25, -0.2) is 4.68 Å². The Hall–Kier alpha value is -2.22. The first-order valence-corrected chi connectivity index (χ1v) is 14.3. The molecule has 0 radical (unpaired) electrons. The van der Waals surface area contributed by atoms with Crippen LogP contribution in [0, 0.1) is 0 Å². The predicted molar refractivity (Wildman–Crippen MR) is 126 cm³/mol. The lowest BCUT2D eigenvalue weighted by atomic mass is 10.0. The molecule has 0 aliphatic rings. The van der Waals surface area contributed by atoms with Crippen LogP contribution in [0.15, 0.2) is 36.7 Å². The Morgan fingerprint density at radius 2 is 1.97 bits per heavy atom. The third-order valence-corrected chi connectivity index (χ3v) is 6.79. The summed E-state index contributed by atoms with van der Waals surface area (Å²) in [6.45, 7) is 9.95. The second-order valence-corrected chi connectivity index (χ2v) is 14.6. The van der Waals surface area contributed by atoms with Crippen LogP contribution >= 0.6 is 11.6 Å². The zero-order chi connectivity index (χ0) is 21.7. The molecule has 30 heavy (non-hydrogen) atoms. The quantitative estimate of drug-likeness (QED) is 0.334. The number of carbonyl (C=O) groups is 1. The van der Waals surface area contributed by atoms with Crippen molar-refractivity contribution in [3.63, 3.8) is 0 Å². The molecule has 0 saturated heterocycles. The number of nitrogens with one attached hydrogen (secondary N) is 1. The Kier molecular flexibility index (Phi) is 7.28. The van der Waals surface area contributed by atoms with E-state index in [0.29, 0.717) is 30.6 Å². The normalized spacial score (nSPS) is 11.8. The molecule has 0 saturated carbocycles. The summed E-state index contributed by atoms with van der Waals surface area (Å²) < 4.78 is 7.66. The minimum absolute atomic E-state index is 0.0517. The van der Waals surface area contributed by atoms with Gasteiger partial charge < -0.3 is 10.1 Å². The van der Waals surface area contributed by atoms with Crippen molar-refractivity contribution < 1.29 is 9.53 Å². The molecule has 0 unspecified atom stereocenters. The number of nitrogens with zero attached hydrogens (tertiary/aromatic N) is 3. The van der Waals surface area contributed by atoms with Crippen LogP contribution in [0.4, 0.5) is 5.82 Å². The van der Waals surface area contributed by atoms with Crippen LogP contribution in [-0.4, -0.2) is 35.4 Å². The summed E-state index contributed by atoms with van der Waals surface area (Å²) in [4.78, 5) is 16.3. The van der Waals surface area contributed by atoms with Crippen molar-refractivity contribution in [3.05, 3.63) is 41.7 Å². The molecule has 3 rings (SSSR count). The highest BCUT2D eigenvalue weighted by molar-refractivity contribution is 6.76. The fourth-order valence-electron chi connectivity index (χ4n) is 3.09. The second-order valence-electron chi connectivity index (χ2n) is 8.58. The summed E-state index contributed by atoms with van der Waals surface area (Å²) in [5.41, 5.74) is 2.66. The summed E-state index contributed by atoms with van der Waals surface area (Å²) in [5, 5.41) is 9.02. The molecule has 6 nitrogen and oxygen atoms in total. The number of halogens is 1. The molecule has 2 heterocycles. The van der Waals surface area contributed by atoms with Gasteiger partial charge in [-0.05, 0) is 42.3 Å². The average Bonchev–Trinajstić information content (AvgIpc) is 3.01. The van der Waals surface area contributed by atoms with E-state index in [1.165, 1.54) is 0 Å². The van der Waals surface area contributed by atoms with E-state index in [2.05, 4.69) is 35.0 Å². The monoisotopic (exact) mass is 444 g/mol. The maximum atomic E-state index is 12.2. The van der Waals surface area contributed by atoms with E-state index in [1.807, 2.05) is 31.2 Å². The lowest BCUT2D eigenvalue weighted by molar-refractivity contribution is -0.116. The minimum Gasteiger partial charge on any atom is -0.360 e. The van der Waals surface area contributed by atoms with E-state index in [9.17, 15) is 4.79 Å². The second kappa shape index (κ2) is 9.72. The zero-order valence-electron chi connectivity index (χ0n) is 18.0. The number of pyridine rings is 1. The SMILES string of the molecule is CCCC(=O)Nc1nn(COCC[Si](C)(C)C)c2cc(Cl)c(-c3ccncc3)cc12. The van der Waals surface area contributed by atoms with Gasteiger partial charge in [0, 0.05) is 44.4 Å². The lowest BCUT2D eigenvalue weighted by Crippen LogP contribution is -2.22. The molecule has 0 fully saturated rings. The maximum absolute atomic E-state index is 12.2. The number of hydrogen-bond acceptors (Lipinski definition) is 4. The van der Waals surface area contributed by atoms with E-state index in [1.54, 1.807) is 17.1 Å². The number of rotatable bonds is 9. The highest BCUT2D eigenvalue weighted by Gasteiger charge is 2.17. The van der Waals surface area contributed by atoms with Crippen LogP contribution in [0.3, 0.4) is 0 Å². The summed E-state index contributed by atoms with van der Waals surface area (Å²) in [7, 11) is -1.17. The topological polar surface area (TPSA) is 69.0 Å². The Morgan fingerprint density at radius 3 is 2.63 bits per heavy atom. The van der Waals surface area contributed by atoms with Crippen LogP contribution < -0.4 is 5.32 Å². The van der Waals surface area contributed by atoms with Gasteiger partial charge in [0.05, 0.1) is 10.5 Å². The third kappa shape index (κ3) is 5.68. The number of anilines is 1. The van der Waals surface area contributed by atoms with Gasteiger partial charge in [0.1, 0.15) is 6.73 Å². The molecule has 0 spiro atoms.